The number of anilines is 1. The van der Waals surface area contributed by atoms with E-state index in [0.717, 1.165) is 17.3 Å². The molecular weight excluding hydrogens is 332 g/mol. The fraction of sp³-hybridized carbons (Fsp3) is 0.125. The molecule has 1 saturated heterocycles. The lowest BCUT2D eigenvalue weighted by Gasteiger charge is -2.15. The van der Waals surface area contributed by atoms with Crippen molar-refractivity contribution in [3.05, 3.63) is 60.2 Å². The SMILES string of the molecule is Cc1ccc(S(=O)(=O)/N=C2/SCC(=O)N2c2ccccc2)cc1. The number of carbonyl (C=O) groups is 1. The van der Waals surface area contributed by atoms with Crippen molar-refractivity contribution in [3.63, 3.8) is 0 Å². The molecule has 0 aliphatic carbocycles. The highest BCUT2D eigenvalue weighted by atomic mass is 32.2. The number of amides is 1. The normalized spacial score (nSPS) is 17.0. The van der Waals surface area contributed by atoms with Gasteiger partial charge in [0.25, 0.3) is 10.0 Å². The number of para-hydroxylation sites is 1. The van der Waals surface area contributed by atoms with E-state index in [1.165, 1.54) is 17.0 Å². The minimum atomic E-state index is -3.85. The van der Waals surface area contributed by atoms with Crippen LogP contribution < -0.4 is 4.90 Å². The van der Waals surface area contributed by atoms with Crippen molar-refractivity contribution in [2.45, 2.75) is 11.8 Å². The molecule has 0 bridgehead atoms. The third kappa shape index (κ3) is 3.30. The Morgan fingerprint density at radius 1 is 1.04 bits per heavy atom. The highest BCUT2D eigenvalue weighted by Crippen LogP contribution is 2.28. The molecule has 0 N–H and O–H groups in total. The second-order valence-corrected chi connectivity index (χ2v) is 7.56. The summed E-state index contributed by atoms with van der Waals surface area (Å²) < 4.78 is 28.8. The largest absolute Gasteiger partial charge is 0.284 e. The van der Waals surface area contributed by atoms with E-state index >= 15 is 0 Å². The first-order chi connectivity index (χ1) is 11.0. The van der Waals surface area contributed by atoms with E-state index in [1.807, 2.05) is 13.0 Å². The molecule has 1 amide bonds. The number of hydrogen-bond donors (Lipinski definition) is 0. The maximum Gasteiger partial charge on any atom is 0.284 e. The van der Waals surface area contributed by atoms with Gasteiger partial charge in [0, 0.05) is 0 Å². The molecule has 1 aliphatic heterocycles. The van der Waals surface area contributed by atoms with E-state index in [0.29, 0.717) is 5.69 Å². The summed E-state index contributed by atoms with van der Waals surface area (Å²) in [6.07, 6.45) is 0. The van der Waals surface area contributed by atoms with Gasteiger partial charge in [0.05, 0.1) is 16.3 Å². The van der Waals surface area contributed by atoms with Crippen LogP contribution in [0.2, 0.25) is 0 Å². The third-order valence-corrected chi connectivity index (χ3v) is 5.62. The summed E-state index contributed by atoms with van der Waals surface area (Å²) >= 11 is 1.13. The van der Waals surface area contributed by atoms with E-state index in [4.69, 9.17) is 0 Å². The van der Waals surface area contributed by atoms with Gasteiger partial charge in [0.1, 0.15) is 0 Å². The Morgan fingerprint density at radius 2 is 1.70 bits per heavy atom. The molecule has 0 saturated carbocycles. The topological polar surface area (TPSA) is 66.8 Å². The Balaban J connectivity index is 2.00. The van der Waals surface area contributed by atoms with Crippen molar-refractivity contribution in [3.8, 4) is 0 Å². The molecule has 7 heteroatoms. The van der Waals surface area contributed by atoms with Gasteiger partial charge in [-0.3, -0.25) is 9.69 Å². The van der Waals surface area contributed by atoms with E-state index < -0.39 is 10.0 Å². The molecular formula is C16H14N2O3S2. The van der Waals surface area contributed by atoms with E-state index in [1.54, 1.807) is 36.4 Å². The predicted molar refractivity (Wildman–Crippen MR) is 92.2 cm³/mol. The number of nitrogens with zero attached hydrogens (tertiary/aromatic N) is 2. The van der Waals surface area contributed by atoms with Crippen molar-refractivity contribution >= 4 is 38.5 Å². The summed E-state index contributed by atoms with van der Waals surface area (Å²) in [5, 5.41) is 0.182. The van der Waals surface area contributed by atoms with Crippen LogP contribution in [-0.4, -0.2) is 25.2 Å². The molecule has 0 spiro atoms. The van der Waals surface area contributed by atoms with Crippen LogP contribution in [0.15, 0.2) is 63.9 Å². The summed E-state index contributed by atoms with van der Waals surface area (Å²) in [6, 6.07) is 15.4. The van der Waals surface area contributed by atoms with Crippen LogP contribution in [0.5, 0.6) is 0 Å². The van der Waals surface area contributed by atoms with Gasteiger partial charge in [-0.1, -0.05) is 47.7 Å². The van der Waals surface area contributed by atoms with Gasteiger partial charge in [-0.05, 0) is 31.2 Å². The van der Waals surface area contributed by atoms with Crippen LogP contribution >= 0.6 is 11.8 Å². The Bertz CT molecular complexity index is 860. The molecule has 0 atom stereocenters. The maximum atomic E-state index is 12.4. The zero-order valence-electron chi connectivity index (χ0n) is 12.3. The monoisotopic (exact) mass is 346 g/mol. The highest BCUT2D eigenvalue weighted by Gasteiger charge is 2.31. The van der Waals surface area contributed by atoms with Gasteiger partial charge >= 0.3 is 0 Å². The van der Waals surface area contributed by atoms with Gasteiger partial charge in [-0.25, -0.2) is 0 Å². The average Bonchev–Trinajstić information content (AvgIpc) is 2.88. The first kappa shape index (κ1) is 15.8. The van der Waals surface area contributed by atoms with Crippen LogP contribution in [0.4, 0.5) is 5.69 Å². The van der Waals surface area contributed by atoms with Crippen molar-refractivity contribution < 1.29 is 13.2 Å². The number of sulfonamides is 1. The quantitative estimate of drug-likeness (QED) is 0.857. The number of rotatable bonds is 3. The minimum absolute atomic E-state index is 0.114. The fourth-order valence-electron chi connectivity index (χ4n) is 2.13. The van der Waals surface area contributed by atoms with Gasteiger partial charge in [-0.15, -0.1) is 4.40 Å². The molecule has 0 aromatic heterocycles. The molecule has 2 aromatic carbocycles. The Morgan fingerprint density at radius 3 is 2.35 bits per heavy atom. The molecule has 3 rings (SSSR count). The van der Waals surface area contributed by atoms with Crippen molar-refractivity contribution in [2.75, 3.05) is 10.7 Å². The second kappa shape index (κ2) is 6.17. The van der Waals surface area contributed by atoms with Crippen LogP contribution in [0.1, 0.15) is 5.56 Å². The number of amidine groups is 1. The first-order valence-corrected chi connectivity index (χ1v) is 9.32. The van der Waals surface area contributed by atoms with E-state index in [-0.39, 0.29) is 21.7 Å². The third-order valence-electron chi connectivity index (χ3n) is 3.30. The molecule has 1 fully saturated rings. The Labute approximate surface area is 139 Å². The van der Waals surface area contributed by atoms with Crippen LogP contribution in [0.3, 0.4) is 0 Å². The lowest BCUT2D eigenvalue weighted by atomic mass is 10.2. The maximum absolute atomic E-state index is 12.4. The summed E-state index contributed by atoms with van der Waals surface area (Å²) in [4.78, 5) is 13.5. The molecule has 118 valence electrons. The number of thioether (sulfide) groups is 1. The summed E-state index contributed by atoms with van der Waals surface area (Å²) in [6.45, 7) is 1.88. The molecule has 23 heavy (non-hydrogen) atoms. The lowest BCUT2D eigenvalue weighted by molar-refractivity contribution is -0.115. The Kier molecular flexibility index (Phi) is 4.23. The zero-order valence-corrected chi connectivity index (χ0v) is 14.0. The predicted octanol–water partition coefficient (Wildman–Crippen LogP) is 2.82. The molecule has 0 radical (unpaired) electrons. The van der Waals surface area contributed by atoms with Crippen LogP contribution in [-0.2, 0) is 14.8 Å². The molecule has 5 nitrogen and oxygen atoms in total. The average molecular weight is 346 g/mol. The van der Waals surface area contributed by atoms with Gasteiger partial charge in [0.15, 0.2) is 5.17 Å². The summed E-state index contributed by atoms with van der Waals surface area (Å²) in [7, 11) is -3.85. The molecule has 1 heterocycles. The smallest absolute Gasteiger partial charge is 0.273 e. The molecule has 2 aromatic rings. The first-order valence-electron chi connectivity index (χ1n) is 6.90. The van der Waals surface area contributed by atoms with Crippen molar-refractivity contribution in [1.29, 1.82) is 0 Å². The number of hydrogen-bond acceptors (Lipinski definition) is 4. The van der Waals surface area contributed by atoms with Gasteiger partial charge in [-0.2, -0.15) is 8.42 Å². The molecule has 0 unspecified atom stereocenters. The number of benzene rings is 2. The summed E-state index contributed by atoms with van der Waals surface area (Å²) in [5.41, 5.74) is 1.58. The minimum Gasteiger partial charge on any atom is -0.273 e. The van der Waals surface area contributed by atoms with E-state index in [9.17, 15) is 13.2 Å². The summed E-state index contributed by atoms with van der Waals surface area (Å²) in [5.74, 6) is -0.00371. The number of aryl methyl sites for hydroxylation is 1. The highest BCUT2D eigenvalue weighted by molar-refractivity contribution is 8.16. The Hall–Kier alpha value is -2.12. The number of carbonyl (C=O) groups excluding carboxylic acids is 1. The molecule has 1 aliphatic rings. The fourth-order valence-corrected chi connectivity index (χ4v) is 4.22. The standard InChI is InChI=1S/C16H14N2O3S2/c1-12-7-9-14(10-8-12)23(20,21)17-16-18(15(19)11-22-16)13-5-3-2-4-6-13/h2-10H,11H2,1H3/b17-16+. The van der Waals surface area contributed by atoms with Crippen LogP contribution in [0.25, 0.3) is 0 Å². The lowest BCUT2D eigenvalue weighted by Crippen LogP contribution is -2.29. The zero-order chi connectivity index (χ0) is 16.4. The van der Waals surface area contributed by atoms with E-state index in [2.05, 4.69) is 4.40 Å². The van der Waals surface area contributed by atoms with Crippen molar-refractivity contribution in [1.82, 2.24) is 0 Å². The van der Waals surface area contributed by atoms with Crippen LogP contribution in [0, 0.1) is 6.92 Å². The van der Waals surface area contributed by atoms with Crippen molar-refractivity contribution in [2.24, 2.45) is 4.40 Å². The van der Waals surface area contributed by atoms with Gasteiger partial charge in [0.2, 0.25) is 5.91 Å². The van der Waals surface area contributed by atoms with Gasteiger partial charge < -0.3 is 0 Å². The second-order valence-electron chi connectivity index (χ2n) is 5.02.